The zero-order chi connectivity index (χ0) is 25.9. The summed E-state index contributed by atoms with van der Waals surface area (Å²) in [6.07, 6.45) is 2.99. The number of carboxylic acids is 1. The van der Waals surface area contributed by atoms with Crippen LogP contribution in [0, 0.1) is 5.92 Å². The number of carboxylic acid groups (broad SMARTS) is 1. The zero-order valence-electron chi connectivity index (χ0n) is 21.2. The molecule has 8 heteroatoms. The quantitative estimate of drug-likeness (QED) is 0.350. The highest BCUT2D eigenvalue weighted by molar-refractivity contribution is 5.78. The summed E-state index contributed by atoms with van der Waals surface area (Å²) < 4.78 is 36.3. The maximum absolute atomic E-state index is 13.6. The lowest BCUT2D eigenvalue weighted by molar-refractivity contribution is -0.286. The van der Waals surface area contributed by atoms with E-state index in [-0.39, 0.29) is 23.8 Å². The summed E-state index contributed by atoms with van der Waals surface area (Å²) in [5.74, 6) is -0.536. The summed E-state index contributed by atoms with van der Waals surface area (Å²) in [5, 5.41) is 12.8. The first-order valence-electron chi connectivity index (χ1n) is 12.9. The number of fused-ring (bicyclic) bond motifs is 1. The average molecular weight is 503 g/mol. The van der Waals surface area contributed by atoms with E-state index in [0.29, 0.717) is 24.1 Å². The van der Waals surface area contributed by atoms with Gasteiger partial charge in [-0.2, -0.15) is 0 Å². The summed E-state index contributed by atoms with van der Waals surface area (Å²) in [4.78, 5) is 13.9. The van der Waals surface area contributed by atoms with Crippen LogP contribution < -0.4 is 19.7 Å². The fourth-order valence-corrected chi connectivity index (χ4v) is 5.28. The van der Waals surface area contributed by atoms with Crippen LogP contribution in [-0.4, -0.2) is 30.0 Å². The van der Waals surface area contributed by atoms with E-state index in [1.54, 1.807) is 6.07 Å². The van der Waals surface area contributed by atoms with Gasteiger partial charge in [0.1, 0.15) is 0 Å². The van der Waals surface area contributed by atoms with Crippen molar-refractivity contribution in [3.8, 4) is 11.5 Å². The molecule has 1 aliphatic heterocycles. The van der Waals surface area contributed by atoms with Crippen LogP contribution in [0.15, 0.2) is 36.4 Å². The number of carbonyl (C=O) groups is 1. The highest BCUT2D eigenvalue weighted by atomic mass is 19.3. The molecule has 2 aromatic carbocycles. The minimum absolute atomic E-state index is 0.00401. The predicted molar refractivity (Wildman–Crippen MR) is 137 cm³/mol. The van der Waals surface area contributed by atoms with Crippen molar-refractivity contribution in [2.75, 3.05) is 16.8 Å². The number of alkyl halides is 2. The Morgan fingerprint density at radius 1 is 1.11 bits per heavy atom. The van der Waals surface area contributed by atoms with Gasteiger partial charge in [0, 0.05) is 24.3 Å². The Labute approximate surface area is 211 Å². The summed E-state index contributed by atoms with van der Waals surface area (Å²) in [6, 6.07) is 11.2. The van der Waals surface area contributed by atoms with E-state index in [1.807, 2.05) is 19.1 Å². The van der Waals surface area contributed by atoms with Crippen molar-refractivity contribution in [2.24, 2.45) is 5.92 Å². The van der Waals surface area contributed by atoms with Gasteiger partial charge in [-0.1, -0.05) is 46.1 Å². The van der Waals surface area contributed by atoms with Crippen molar-refractivity contribution >= 4 is 23.0 Å². The minimum atomic E-state index is -3.67. The number of halogens is 2. The first kappa shape index (κ1) is 26.0. The van der Waals surface area contributed by atoms with E-state index in [0.717, 1.165) is 36.3 Å². The monoisotopic (exact) mass is 502 g/mol. The molecule has 6 nitrogen and oxygen atoms in total. The summed E-state index contributed by atoms with van der Waals surface area (Å²) in [6.45, 7) is 7.28. The molecule has 1 saturated carbocycles. The molecule has 1 unspecified atom stereocenters. The van der Waals surface area contributed by atoms with Gasteiger partial charge in [-0.15, -0.1) is 8.78 Å². The second-order valence-corrected chi connectivity index (χ2v) is 10.3. The maximum Gasteiger partial charge on any atom is 0.586 e. The number of anilines is 3. The van der Waals surface area contributed by atoms with Crippen LogP contribution in [0.25, 0.3) is 0 Å². The molecule has 196 valence electrons. The maximum atomic E-state index is 13.6. The SMILES string of the molecule is CCC(CC(=O)O)c1ccc(N(CC(C)C)C2CCCCC2)c(Nc2ccc3c(c2)OC(F)(F)O3)c1. The van der Waals surface area contributed by atoms with Gasteiger partial charge in [0.05, 0.1) is 17.8 Å². The van der Waals surface area contributed by atoms with E-state index in [9.17, 15) is 18.7 Å². The predicted octanol–water partition coefficient (Wildman–Crippen LogP) is 7.52. The molecule has 0 aromatic heterocycles. The van der Waals surface area contributed by atoms with Crippen molar-refractivity contribution in [2.45, 2.75) is 84.0 Å². The highest BCUT2D eigenvalue weighted by Gasteiger charge is 2.43. The van der Waals surface area contributed by atoms with Crippen LogP contribution in [0.4, 0.5) is 25.8 Å². The molecule has 0 spiro atoms. The minimum Gasteiger partial charge on any atom is -0.481 e. The summed E-state index contributed by atoms with van der Waals surface area (Å²) in [5.41, 5.74) is 3.39. The van der Waals surface area contributed by atoms with Crippen molar-refractivity contribution in [1.29, 1.82) is 0 Å². The van der Waals surface area contributed by atoms with E-state index >= 15 is 0 Å². The molecule has 2 aliphatic rings. The lowest BCUT2D eigenvalue weighted by Crippen LogP contribution is -2.39. The van der Waals surface area contributed by atoms with Gasteiger partial charge >= 0.3 is 12.3 Å². The Kier molecular flexibility index (Phi) is 7.91. The second kappa shape index (κ2) is 10.9. The molecule has 0 radical (unpaired) electrons. The molecule has 36 heavy (non-hydrogen) atoms. The highest BCUT2D eigenvalue weighted by Crippen LogP contribution is 2.44. The topological polar surface area (TPSA) is 71.0 Å². The average Bonchev–Trinajstić information content (AvgIpc) is 3.14. The molecule has 1 aliphatic carbocycles. The van der Waals surface area contributed by atoms with Gasteiger partial charge in [0.25, 0.3) is 0 Å². The van der Waals surface area contributed by atoms with Gasteiger partial charge in [-0.3, -0.25) is 4.79 Å². The largest absolute Gasteiger partial charge is 0.586 e. The molecule has 1 fully saturated rings. The first-order chi connectivity index (χ1) is 17.1. The number of ether oxygens (including phenoxy) is 2. The van der Waals surface area contributed by atoms with E-state index in [1.165, 1.54) is 31.4 Å². The lowest BCUT2D eigenvalue weighted by atomic mass is 9.90. The van der Waals surface area contributed by atoms with Crippen molar-refractivity contribution in [3.63, 3.8) is 0 Å². The molecule has 0 saturated heterocycles. The summed E-state index contributed by atoms with van der Waals surface area (Å²) >= 11 is 0. The molecule has 1 atom stereocenters. The zero-order valence-corrected chi connectivity index (χ0v) is 21.2. The van der Waals surface area contributed by atoms with Crippen LogP contribution in [0.1, 0.15) is 77.2 Å². The van der Waals surface area contributed by atoms with E-state index in [4.69, 9.17) is 0 Å². The number of nitrogens with zero attached hydrogens (tertiary/aromatic N) is 1. The van der Waals surface area contributed by atoms with Gasteiger partial charge in [0.15, 0.2) is 11.5 Å². The number of aliphatic carboxylic acids is 1. The van der Waals surface area contributed by atoms with Crippen LogP contribution in [0.5, 0.6) is 11.5 Å². The standard InChI is InChI=1S/C28H36F2N2O4/c1-4-19(15-27(33)34)20-10-12-24(32(17-18(2)3)22-8-6-5-7-9-22)23(14-20)31-21-11-13-25-26(16-21)36-28(29,30)35-25/h10-14,16,18-19,22,31H,4-9,15,17H2,1-3H3,(H,33,34). The smallest absolute Gasteiger partial charge is 0.481 e. The Balaban J connectivity index is 1.73. The second-order valence-electron chi connectivity index (χ2n) is 10.3. The number of hydrogen-bond acceptors (Lipinski definition) is 5. The Bertz CT molecular complexity index is 1070. The third kappa shape index (κ3) is 6.20. The number of nitrogens with one attached hydrogen (secondary N) is 1. The van der Waals surface area contributed by atoms with Crippen LogP contribution in [0.3, 0.4) is 0 Å². The molecule has 0 bridgehead atoms. The number of rotatable bonds is 10. The number of benzene rings is 2. The third-order valence-electron chi connectivity index (χ3n) is 6.97. The van der Waals surface area contributed by atoms with E-state index < -0.39 is 12.3 Å². The molecule has 4 rings (SSSR count). The fourth-order valence-electron chi connectivity index (χ4n) is 5.28. The van der Waals surface area contributed by atoms with Gasteiger partial charge in [-0.05, 0) is 60.9 Å². The molecular weight excluding hydrogens is 466 g/mol. The van der Waals surface area contributed by atoms with Gasteiger partial charge in [-0.25, -0.2) is 0 Å². The van der Waals surface area contributed by atoms with Gasteiger partial charge in [0.2, 0.25) is 0 Å². The molecule has 1 heterocycles. The third-order valence-corrected chi connectivity index (χ3v) is 6.97. The lowest BCUT2D eigenvalue weighted by Gasteiger charge is -2.38. The summed E-state index contributed by atoms with van der Waals surface area (Å²) in [7, 11) is 0. The Hall–Kier alpha value is -3.03. The van der Waals surface area contributed by atoms with Crippen molar-refractivity contribution in [1.82, 2.24) is 0 Å². The molecule has 2 aromatic rings. The molecule has 2 N–H and O–H groups in total. The van der Waals surface area contributed by atoms with Crippen molar-refractivity contribution < 1.29 is 28.2 Å². The Morgan fingerprint density at radius 3 is 2.50 bits per heavy atom. The molecular formula is C28H36F2N2O4. The Morgan fingerprint density at radius 2 is 1.83 bits per heavy atom. The van der Waals surface area contributed by atoms with E-state index in [2.05, 4.69) is 39.6 Å². The van der Waals surface area contributed by atoms with Crippen LogP contribution >= 0.6 is 0 Å². The fraction of sp³-hybridized carbons (Fsp3) is 0.536. The van der Waals surface area contributed by atoms with Gasteiger partial charge < -0.3 is 24.8 Å². The number of hydrogen-bond donors (Lipinski definition) is 2. The molecule has 0 amide bonds. The van der Waals surface area contributed by atoms with Crippen LogP contribution in [0.2, 0.25) is 0 Å². The van der Waals surface area contributed by atoms with Crippen LogP contribution in [-0.2, 0) is 4.79 Å². The first-order valence-corrected chi connectivity index (χ1v) is 12.9. The normalized spacial score (nSPS) is 17.7. The van der Waals surface area contributed by atoms with Crippen molar-refractivity contribution in [3.05, 3.63) is 42.0 Å².